The number of aryl methyl sites for hydroxylation is 2. The summed E-state index contributed by atoms with van der Waals surface area (Å²) >= 11 is 1.44. The molecule has 29 heavy (non-hydrogen) atoms. The van der Waals surface area contributed by atoms with Gasteiger partial charge in [0.25, 0.3) is 0 Å². The molecule has 11 heteroatoms. The summed E-state index contributed by atoms with van der Waals surface area (Å²) in [6.45, 7) is 2.14. The van der Waals surface area contributed by atoms with Gasteiger partial charge >= 0.3 is 0 Å². The summed E-state index contributed by atoms with van der Waals surface area (Å²) in [6.07, 6.45) is 2.16. The third-order valence-electron chi connectivity index (χ3n) is 4.76. The van der Waals surface area contributed by atoms with E-state index in [1.807, 2.05) is 12.3 Å². The van der Waals surface area contributed by atoms with Crippen LogP contribution in [-0.2, 0) is 13.7 Å². The SMILES string of the molecule is Cc1csc(-c2nc(NC3CCC(F)(F)CC3)cc(OCc3cnnn3C)n2)n1. The van der Waals surface area contributed by atoms with E-state index in [0.29, 0.717) is 35.4 Å². The normalized spacial score (nSPS) is 16.7. The van der Waals surface area contributed by atoms with Gasteiger partial charge in [-0.3, -0.25) is 0 Å². The molecule has 0 bridgehead atoms. The maximum absolute atomic E-state index is 13.4. The Bertz CT molecular complexity index is 980. The highest BCUT2D eigenvalue weighted by molar-refractivity contribution is 7.13. The van der Waals surface area contributed by atoms with Crippen molar-refractivity contribution < 1.29 is 13.5 Å². The summed E-state index contributed by atoms with van der Waals surface area (Å²) in [4.78, 5) is 13.4. The van der Waals surface area contributed by atoms with Crippen LogP contribution in [0.5, 0.6) is 5.88 Å². The zero-order chi connectivity index (χ0) is 20.4. The van der Waals surface area contributed by atoms with Gasteiger partial charge in [0.1, 0.15) is 12.4 Å². The van der Waals surface area contributed by atoms with E-state index >= 15 is 0 Å². The monoisotopic (exact) mass is 421 g/mol. The number of anilines is 1. The highest BCUT2D eigenvalue weighted by Crippen LogP contribution is 2.34. The van der Waals surface area contributed by atoms with Crippen LogP contribution in [-0.4, -0.2) is 41.9 Å². The topological polar surface area (TPSA) is 90.6 Å². The molecule has 1 fully saturated rings. The van der Waals surface area contributed by atoms with E-state index in [9.17, 15) is 8.78 Å². The van der Waals surface area contributed by atoms with E-state index in [-0.39, 0.29) is 25.5 Å². The Balaban J connectivity index is 1.55. The van der Waals surface area contributed by atoms with Crippen molar-refractivity contribution in [3.8, 4) is 16.7 Å². The largest absolute Gasteiger partial charge is 0.471 e. The number of ether oxygens (including phenoxy) is 1. The van der Waals surface area contributed by atoms with Crippen molar-refractivity contribution in [3.05, 3.63) is 29.0 Å². The summed E-state index contributed by atoms with van der Waals surface area (Å²) < 4.78 is 34.3. The Labute approximate surface area is 170 Å². The lowest BCUT2D eigenvalue weighted by molar-refractivity contribution is -0.0361. The molecule has 1 saturated carbocycles. The van der Waals surface area contributed by atoms with Crippen LogP contribution in [0.4, 0.5) is 14.6 Å². The van der Waals surface area contributed by atoms with Crippen molar-refractivity contribution >= 4 is 17.2 Å². The number of rotatable bonds is 6. The predicted octanol–water partition coefficient (Wildman–Crippen LogP) is 3.61. The first-order chi connectivity index (χ1) is 13.9. The molecule has 0 spiro atoms. The van der Waals surface area contributed by atoms with Crippen molar-refractivity contribution in [2.24, 2.45) is 7.05 Å². The smallest absolute Gasteiger partial charge is 0.248 e. The predicted molar refractivity (Wildman–Crippen MR) is 104 cm³/mol. The Kier molecular flexibility index (Phi) is 5.39. The van der Waals surface area contributed by atoms with Gasteiger partial charge in [-0.2, -0.15) is 4.98 Å². The van der Waals surface area contributed by atoms with Crippen molar-refractivity contribution in [2.45, 2.75) is 51.2 Å². The number of alkyl halides is 2. The van der Waals surface area contributed by atoms with Crippen LogP contribution in [0.25, 0.3) is 10.8 Å². The lowest BCUT2D eigenvalue weighted by Gasteiger charge is -2.29. The summed E-state index contributed by atoms with van der Waals surface area (Å²) in [5.41, 5.74) is 1.67. The van der Waals surface area contributed by atoms with Crippen LogP contribution in [0.1, 0.15) is 37.1 Å². The molecule has 1 aliphatic carbocycles. The molecule has 0 saturated heterocycles. The number of hydrogen-bond acceptors (Lipinski definition) is 8. The van der Waals surface area contributed by atoms with Gasteiger partial charge < -0.3 is 10.1 Å². The fourth-order valence-corrected chi connectivity index (χ4v) is 3.84. The second-order valence-electron chi connectivity index (χ2n) is 7.12. The summed E-state index contributed by atoms with van der Waals surface area (Å²) in [5.74, 6) is -1.23. The maximum Gasteiger partial charge on any atom is 0.248 e. The minimum Gasteiger partial charge on any atom is -0.471 e. The van der Waals surface area contributed by atoms with Crippen molar-refractivity contribution in [3.63, 3.8) is 0 Å². The Morgan fingerprint density at radius 1 is 1.28 bits per heavy atom. The zero-order valence-corrected chi connectivity index (χ0v) is 16.9. The highest BCUT2D eigenvalue weighted by atomic mass is 32.1. The van der Waals surface area contributed by atoms with Gasteiger partial charge in [0.15, 0.2) is 10.8 Å². The van der Waals surface area contributed by atoms with E-state index in [4.69, 9.17) is 4.74 Å². The number of hydrogen-bond donors (Lipinski definition) is 1. The molecule has 0 unspecified atom stereocenters. The summed E-state index contributed by atoms with van der Waals surface area (Å²) in [5, 5.41) is 13.6. The summed E-state index contributed by atoms with van der Waals surface area (Å²) in [6, 6.07) is 1.62. The Morgan fingerprint density at radius 3 is 2.72 bits per heavy atom. The molecule has 3 aromatic rings. The molecule has 3 heterocycles. The van der Waals surface area contributed by atoms with Crippen molar-refractivity contribution in [1.29, 1.82) is 0 Å². The van der Waals surface area contributed by atoms with E-state index in [0.717, 1.165) is 11.4 Å². The molecule has 3 aromatic heterocycles. The minimum atomic E-state index is -2.57. The van der Waals surface area contributed by atoms with Crippen LogP contribution in [0, 0.1) is 6.92 Å². The second kappa shape index (κ2) is 7.97. The Hall–Kier alpha value is -2.69. The molecule has 0 aliphatic heterocycles. The third-order valence-corrected chi connectivity index (χ3v) is 5.71. The van der Waals surface area contributed by atoms with Gasteiger partial charge in [0.05, 0.1) is 11.9 Å². The second-order valence-corrected chi connectivity index (χ2v) is 7.98. The lowest BCUT2D eigenvalue weighted by atomic mass is 9.92. The van der Waals surface area contributed by atoms with Gasteiger partial charge in [0.2, 0.25) is 11.8 Å². The fourth-order valence-electron chi connectivity index (χ4n) is 3.11. The molecule has 8 nitrogen and oxygen atoms in total. The number of nitrogens with zero attached hydrogens (tertiary/aromatic N) is 6. The molecule has 1 aliphatic rings. The Morgan fingerprint density at radius 2 is 2.07 bits per heavy atom. The van der Waals surface area contributed by atoms with Crippen molar-refractivity contribution in [1.82, 2.24) is 29.9 Å². The van der Waals surface area contributed by atoms with Crippen LogP contribution in [0.3, 0.4) is 0 Å². The number of aromatic nitrogens is 6. The molecule has 0 atom stereocenters. The molecule has 0 radical (unpaired) electrons. The molecule has 0 aromatic carbocycles. The third kappa shape index (κ3) is 4.84. The summed E-state index contributed by atoms with van der Waals surface area (Å²) in [7, 11) is 1.78. The molecule has 1 N–H and O–H groups in total. The van der Waals surface area contributed by atoms with Crippen molar-refractivity contribution in [2.75, 3.05) is 5.32 Å². The average Bonchev–Trinajstić information content (AvgIpc) is 3.30. The van der Waals surface area contributed by atoms with E-state index in [1.165, 1.54) is 11.3 Å². The van der Waals surface area contributed by atoms with Gasteiger partial charge in [-0.05, 0) is 19.8 Å². The van der Waals surface area contributed by atoms with Gasteiger partial charge in [-0.15, -0.1) is 16.4 Å². The molecule has 4 rings (SSSR count). The van der Waals surface area contributed by atoms with Crippen LogP contribution < -0.4 is 10.1 Å². The first kappa shape index (κ1) is 19.6. The first-order valence-electron chi connectivity index (χ1n) is 9.30. The minimum absolute atomic E-state index is 0.0653. The number of nitrogens with one attached hydrogen (secondary N) is 1. The lowest BCUT2D eigenvalue weighted by Crippen LogP contribution is -2.32. The first-order valence-corrected chi connectivity index (χ1v) is 10.2. The zero-order valence-electron chi connectivity index (χ0n) is 16.1. The van der Waals surface area contributed by atoms with Gasteiger partial charge in [0, 0.05) is 43.1 Å². The molecular formula is C18H21F2N7OS. The number of halogens is 2. The quantitative estimate of drug-likeness (QED) is 0.650. The van der Waals surface area contributed by atoms with Crippen LogP contribution in [0.2, 0.25) is 0 Å². The van der Waals surface area contributed by atoms with Crippen LogP contribution >= 0.6 is 11.3 Å². The number of thiazole rings is 1. The van der Waals surface area contributed by atoms with Crippen LogP contribution in [0.15, 0.2) is 17.6 Å². The molecular weight excluding hydrogens is 400 g/mol. The highest BCUT2D eigenvalue weighted by Gasteiger charge is 2.35. The maximum atomic E-state index is 13.4. The van der Waals surface area contributed by atoms with E-state index in [1.54, 1.807) is 24.0 Å². The fraction of sp³-hybridized carbons (Fsp3) is 0.500. The van der Waals surface area contributed by atoms with E-state index < -0.39 is 5.92 Å². The molecule has 0 amide bonds. The molecule has 154 valence electrons. The van der Waals surface area contributed by atoms with Gasteiger partial charge in [-0.25, -0.2) is 23.4 Å². The standard InChI is InChI=1S/C18H21F2N7OS/c1-11-10-29-17(22-11)16-24-14(23-12-3-5-18(19,20)6-4-12)7-15(25-16)28-9-13-8-21-26-27(13)2/h7-8,10,12H,3-6,9H2,1-2H3,(H,23,24,25). The van der Waals surface area contributed by atoms with Gasteiger partial charge in [-0.1, -0.05) is 5.21 Å². The van der Waals surface area contributed by atoms with E-state index in [2.05, 4.69) is 30.6 Å². The average molecular weight is 421 g/mol.